The Morgan fingerprint density at radius 2 is 1.75 bits per heavy atom. The molecule has 2 aromatic rings. The van der Waals surface area contributed by atoms with Gasteiger partial charge in [-0.25, -0.2) is 8.42 Å². The summed E-state index contributed by atoms with van der Waals surface area (Å²) in [4.78, 5) is 0.287. The second kappa shape index (κ2) is 5.97. The number of sulfone groups is 1. The lowest BCUT2D eigenvalue weighted by molar-refractivity contribution is 0.478. The fourth-order valence-electron chi connectivity index (χ4n) is 1.79. The molecular weight excluding hydrogens is 340 g/mol. The van der Waals surface area contributed by atoms with E-state index in [1.54, 1.807) is 24.3 Å². The highest BCUT2D eigenvalue weighted by molar-refractivity contribution is 9.08. The lowest BCUT2D eigenvalue weighted by Crippen LogP contribution is -1.96. The standard InChI is InChI=1S/C15H15BrO3S/c1-11-3-8-15(12(9-11)10-16)19-13-4-6-14(7-5-13)20(2,17)18/h3-9H,10H2,1-2H3. The first kappa shape index (κ1) is 15.1. The minimum absolute atomic E-state index is 0.287. The van der Waals surface area contributed by atoms with Crippen LogP contribution in [0, 0.1) is 6.92 Å². The summed E-state index contributed by atoms with van der Waals surface area (Å²) >= 11 is 3.43. The van der Waals surface area contributed by atoms with Crippen molar-refractivity contribution in [2.45, 2.75) is 17.1 Å². The third-order valence-electron chi connectivity index (χ3n) is 2.84. The van der Waals surface area contributed by atoms with E-state index in [0.717, 1.165) is 11.3 Å². The maximum absolute atomic E-state index is 11.4. The monoisotopic (exact) mass is 354 g/mol. The Bertz CT molecular complexity index is 706. The van der Waals surface area contributed by atoms with E-state index in [9.17, 15) is 8.42 Å². The Kier molecular flexibility index (Phi) is 4.50. The molecular formula is C15H15BrO3S. The Labute approximate surface area is 127 Å². The highest BCUT2D eigenvalue weighted by atomic mass is 79.9. The summed E-state index contributed by atoms with van der Waals surface area (Å²) in [6.45, 7) is 2.02. The molecule has 0 heterocycles. The number of aryl methyl sites for hydroxylation is 1. The molecule has 0 radical (unpaired) electrons. The third kappa shape index (κ3) is 3.61. The average molecular weight is 355 g/mol. The van der Waals surface area contributed by atoms with Gasteiger partial charge in [0.15, 0.2) is 9.84 Å². The summed E-state index contributed by atoms with van der Waals surface area (Å²) < 4.78 is 28.6. The van der Waals surface area contributed by atoms with Crippen LogP contribution < -0.4 is 4.74 Å². The number of ether oxygens (including phenoxy) is 1. The molecule has 2 rings (SSSR count). The zero-order chi connectivity index (χ0) is 14.8. The molecule has 0 unspecified atom stereocenters. The van der Waals surface area contributed by atoms with E-state index in [0.29, 0.717) is 11.1 Å². The highest BCUT2D eigenvalue weighted by Crippen LogP contribution is 2.28. The van der Waals surface area contributed by atoms with Gasteiger partial charge < -0.3 is 4.74 Å². The molecule has 0 aliphatic carbocycles. The highest BCUT2D eigenvalue weighted by Gasteiger charge is 2.08. The molecule has 3 nitrogen and oxygen atoms in total. The van der Waals surface area contributed by atoms with Crippen LogP contribution in [-0.4, -0.2) is 14.7 Å². The molecule has 2 aromatic carbocycles. The molecule has 5 heteroatoms. The maximum atomic E-state index is 11.4. The van der Waals surface area contributed by atoms with E-state index in [2.05, 4.69) is 22.0 Å². The van der Waals surface area contributed by atoms with Gasteiger partial charge in [-0.15, -0.1) is 0 Å². The zero-order valence-electron chi connectivity index (χ0n) is 11.3. The van der Waals surface area contributed by atoms with Crippen LogP contribution in [0.2, 0.25) is 0 Å². The quantitative estimate of drug-likeness (QED) is 0.776. The molecule has 0 atom stereocenters. The third-order valence-corrected chi connectivity index (χ3v) is 4.57. The second-order valence-corrected chi connectivity index (χ2v) is 7.17. The molecule has 0 saturated heterocycles. The van der Waals surface area contributed by atoms with Crippen LogP contribution in [-0.2, 0) is 15.2 Å². The van der Waals surface area contributed by atoms with Gasteiger partial charge in [0.25, 0.3) is 0 Å². The Hall–Kier alpha value is -1.33. The van der Waals surface area contributed by atoms with Gasteiger partial charge in [0.1, 0.15) is 11.5 Å². The van der Waals surface area contributed by atoms with E-state index < -0.39 is 9.84 Å². The molecule has 20 heavy (non-hydrogen) atoms. The van der Waals surface area contributed by atoms with E-state index in [4.69, 9.17) is 4.74 Å². The summed E-state index contributed by atoms with van der Waals surface area (Å²) in [5.41, 5.74) is 2.22. The Morgan fingerprint density at radius 1 is 1.10 bits per heavy atom. The molecule has 106 valence electrons. The van der Waals surface area contributed by atoms with Gasteiger partial charge in [0.05, 0.1) is 4.90 Å². The van der Waals surface area contributed by atoms with Crippen molar-refractivity contribution >= 4 is 25.8 Å². The Balaban J connectivity index is 2.27. The first-order valence-corrected chi connectivity index (χ1v) is 9.05. The number of halogens is 1. The fourth-order valence-corrected chi connectivity index (χ4v) is 2.86. The van der Waals surface area contributed by atoms with E-state index >= 15 is 0 Å². The van der Waals surface area contributed by atoms with Crippen LogP contribution in [0.25, 0.3) is 0 Å². The SMILES string of the molecule is Cc1ccc(Oc2ccc(S(C)(=O)=O)cc2)c(CBr)c1. The van der Waals surface area contributed by atoms with Gasteiger partial charge in [0.2, 0.25) is 0 Å². The normalized spacial score (nSPS) is 11.3. The molecule has 0 bridgehead atoms. The first-order valence-electron chi connectivity index (χ1n) is 6.03. The lowest BCUT2D eigenvalue weighted by Gasteiger charge is -2.10. The number of alkyl halides is 1. The second-order valence-electron chi connectivity index (χ2n) is 4.59. The van der Waals surface area contributed by atoms with E-state index in [1.807, 2.05) is 19.1 Å². The number of hydrogen-bond acceptors (Lipinski definition) is 3. The van der Waals surface area contributed by atoms with Crippen molar-refractivity contribution in [1.82, 2.24) is 0 Å². The van der Waals surface area contributed by atoms with Crippen LogP contribution in [0.5, 0.6) is 11.5 Å². The smallest absolute Gasteiger partial charge is 0.175 e. The van der Waals surface area contributed by atoms with Crippen LogP contribution in [0.15, 0.2) is 47.4 Å². The minimum Gasteiger partial charge on any atom is -0.457 e. The maximum Gasteiger partial charge on any atom is 0.175 e. The predicted octanol–water partition coefficient (Wildman–Crippen LogP) is 4.09. The summed E-state index contributed by atoms with van der Waals surface area (Å²) in [7, 11) is -3.17. The van der Waals surface area contributed by atoms with Crippen LogP contribution in [0.1, 0.15) is 11.1 Å². The van der Waals surface area contributed by atoms with Gasteiger partial charge in [-0.2, -0.15) is 0 Å². The molecule has 0 saturated carbocycles. The van der Waals surface area contributed by atoms with E-state index in [1.165, 1.54) is 11.8 Å². The van der Waals surface area contributed by atoms with Gasteiger partial charge in [-0.05, 0) is 37.3 Å². The fraction of sp³-hybridized carbons (Fsp3) is 0.200. The molecule has 0 spiro atoms. The largest absolute Gasteiger partial charge is 0.457 e. The van der Waals surface area contributed by atoms with Gasteiger partial charge in [-0.1, -0.05) is 33.6 Å². The number of rotatable bonds is 4. The minimum atomic E-state index is -3.17. The van der Waals surface area contributed by atoms with Crippen LogP contribution in [0.4, 0.5) is 0 Å². The summed E-state index contributed by atoms with van der Waals surface area (Å²) in [6, 6.07) is 12.4. The van der Waals surface area contributed by atoms with Crippen LogP contribution in [0.3, 0.4) is 0 Å². The Morgan fingerprint density at radius 3 is 2.30 bits per heavy atom. The lowest BCUT2D eigenvalue weighted by atomic mass is 10.1. The summed E-state index contributed by atoms with van der Waals surface area (Å²) in [6.07, 6.45) is 1.19. The van der Waals surface area contributed by atoms with Crippen molar-refractivity contribution in [3.05, 3.63) is 53.6 Å². The van der Waals surface area contributed by atoms with Crippen molar-refractivity contribution in [1.29, 1.82) is 0 Å². The van der Waals surface area contributed by atoms with Gasteiger partial charge >= 0.3 is 0 Å². The topological polar surface area (TPSA) is 43.4 Å². The summed E-state index contributed by atoms with van der Waals surface area (Å²) in [5.74, 6) is 1.38. The first-order chi connectivity index (χ1) is 9.40. The van der Waals surface area contributed by atoms with Gasteiger partial charge in [-0.3, -0.25) is 0 Å². The van der Waals surface area contributed by atoms with Crippen molar-refractivity contribution in [2.24, 2.45) is 0 Å². The van der Waals surface area contributed by atoms with Crippen molar-refractivity contribution in [3.63, 3.8) is 0 Å². The predicted molar refractivity (Wildman–Crippen MR) is 83.4 cm³/mol. The molecule has 0 amide bonds. The van der Waals surface area contributed by atoms with Gasteiger partial charge in [0, 0.05) is 17.1 Å². The number of benzene rings is 2. The van der Waals surface area contributed by atoms with Crippen molar-refractivity contribution in [3.8, 4) is 11.5 Å². The molecule has 0 aliphatic heterocycles. The van der Waals surface area contributed by atoms with Crippen molar-refractivity contribution < 1.29 is 13.2 Å². The molecule has 0 aromatic heterocycles. The van der Waals surface area contributed by atoms with Crippen LogP contribution >= 0.6 is 15.9 Å². The molecule has 0 N–H and O–H groups in total. The average Bonchev–Trinajstić information content (AvgIpc) is 2.40. The zero-order valence-corrected chi connectivity index (χ0v) is 13.7. The summed E-state index contributed by atoms with van der Waals surface area (Å²) in [5, 5.41) is 0.700. The molecule has 0 fully saturated rings. The molecule has 0 aliphatic rings. The van der Waals surface area contributed by atoms with Crippen molar-refractivity contribution in [2.75, 3.05) is 6.26 Å². The van der Waals surface area contributed by atoms with E-state index in [-0.39, 0.29) is 4.90 Å². The number of hydrogen-bond donors (Lipinski definition) is 0.